The lowest BCUT2D eigenvalue weighted by Crippen LogP contribution is -2.50. The highest BCUT2D eigenvalue weighted by molar-refractivity contribution is 8.14. The smallest absolute Gasteiger partial charge is 0.165 e. The van der Waals surface area contributed by atoms with E-state index in [0.717, 1.165) is 22.4 Å². The van der Waals surface area contributed by atoms with Crippen LogP contribution in [0.15, 0.2) is 17.1 Å². The molecule has 132 valence electrons. The van der Waals surface area contributed by atoms with E-state index in [4.69, 9.17) is 4.99 Å². The van der Waals surface area contributed by atoms with Crippen molar-refractivity contribution in [1.29, 1.82) is 5.26 Å². The zero-order valence-electron chi connectivity index (χ0n) is 15.3. The van der Waals surface area contributed by atoms with Gasteiger partial charge in [-0.3, -0.25) is 0 Å². The van der Waals surface area contributed by atoms with E-state index in [1.165, 1.54) is 62.3 Å². The molecule has 4 rings (SSSR count). The third-order valence-corrected chi connectivity index (χ3v) is 7.73. The maximum absolute atomic E-state index is 9.24. The Hall–Kier alpha value is -1.47. The number of hydrogen-bond acceptors (Lipinski definition) is 3. The Bertz CT molecular complexity index is 734. The lowest BCUT2D eigenvalue weighted by Gasteiger charge is -2.40. The molecular formula is C21H27N3S. The molecule has 0 amide bonds. The predicted octanol–water partition coefficient (Wildman–Crippen LogP) is 5.47. The number of rotatable bonds is 2. The average molecular weight is 354 g/mol. The minimum Gasteiger partial charge on any atom is -0.342 e. The highest BCUT2D eigenvalue weighted by atomic mass is 32.2. The largest absolute Gasteiger partial charge is 0.342 e. The summed E-state index contributed by atoms with van der Waals surface area (Å²) in [5, 5.41) is 10.5. The Labute approximate surface area is 155 Å². The van der Waals surface area contributed by atoms with Crippen LogP contribution in [0.4, 0.5) is 5.69 Å². The third-order valence-electron chi connectivity index (χ3n) is 6.51. The summed E-state index contributed by atoms with van der Waals surface area (Å²) in [5.41, 5.74) is 4.38. The van der Waals surface area contributed by atoms with E-state index in [2.05, 4.69) is 17.9 Å². The Morgan fingerprint density at radius 2 is 1.84 bits per heavy atom. The standard InChI is InChI=1S/C21H27N3S/c1-15-16(2)19(10-9-17(15)13-22)23-20-24(18-7-3-4-8-18)21(14-25-20)11-5-6-12-21/h9-10,18H,3-8,11-12,14H2,1-2H3/b23-20+. The van der Waals surface area contributed by atoms with Gasteiger partial charge in [-0.2, -0.15) is 5.26 Å². The zero-order chi connectivity index (χ0) is 17.4. The molecule has 2 saturated carbocycles. The molecule has 3 aliphatic rings. The van der Waals surface area contributed by atoms with Crippen molar-refractivity contribution in [3.63, 3.8) is 0 Å². The van der Waals surface area contributed by atoms with Crippen LogP contribution in [0.2, 0.25) is 0 Å². The zero-order valence-corrected chi connectivity index (χ0v) is 16.2. The molecule has 2 aliphatic carbocycles. The molecule has 0 N–H and O–H groups in total. The highest BCUT2D eigenvalue weighted by Gasteiger charge is 2.49. The van der Waals surface area contributed by atoms with Crippen molar-refractivity contribution in [3.05, 3.63) is 28.8 Å². The molecule has 0 bridgehead atoms. The van der Waals surface area contributed by atoms with E-state index < -0.39 is 0 Å². The number of amidine groups is 1. The van der Waals surface area contributed by atoms with Gasteiger partial charge in [0.25, 0.3) is 0 Å². The molecule has 3 fully saturated rings. The minimum absolute atomic E-state index is 0.369. The monoisotopic (exact) mass is 353 g/mol. The molecular weight excluding hydrogens is 326 g/mol. The van der Waals surface area contributed by atoms with Gasteiger partial charge in [0.1, 0.15) is 0 Å². The molecule has 1 aliphatic heterocycles. The Morgan fingerprint density at radius 3 is 2.52 bits per heavy atom. The van der Waals surface area contributed by atoms with E-state index in [-0.39, 0.29) is 0 Å². The van der Waals surface area contributed by atoms with Crippen molar-refractivity contribution in [1.82, 2.24) is 4.90 Å². The summed E-state index contributed by atoms with van der Waals surface area (Å²) in [7, 11) is 0. The fourth-order valence-corrected chi connectivity index (χ4v) is 6.37. The number of nitriles is 1. The molecule has 1 heterocycles. The van der Waals surface area contributed by atoms with Gasteiger partial charge in [-0.05, 0) is 62.8 Å². The SMILES string of the molecule is Cc1c(C#N)ccc(/N=C2/SCC3(CCCC3)N2C2CCCC2)c1C. The van der Waals surface area contributed by atoms with Crippen LogP contribution < -0.4 is 0 Å². The van der Waals surface area contributed by atoms with Gasteiger partial charge in [0.05, 0.1) is 22.9 Å². The maximum Gasteiger partial charge on any atom is 0.165 e. The summed E-state index contributed by atoms with van der Waals surface area (Å²) in [4.78, 5) is 7.88. The second-order valence-corrected chi connectivity index (χ2v) is 8.86. The topological polar surface area (TPSA) is 39.4 Å². The van der Waals surface area contributed by atoms with Crippen LogP contribution in [0.3, 0.4) is 0 Å². The number of aliphatic imine (C=N–C) groups is 1. The first-order chi connectivity index (χ1) is 12.1. The van der Waals surface area contributed by atoms with E-state index in [0.29, 0.717) is 11.6 Å². The van der Waals surface area contributed by atoms with Gasteiger partial charge in [-0.1, -0.05) is 37.4 Å². The van der Waals surface area contributed by atoms with Crippen LogP contribution in [-0.2, 0) is 0 Å². The van der Waals surface area contributed by atoms with Crippen LogP contribution in [0.1, 0.15) is 68.1 Å². The van der Waals surface area contributed by atoms with Gasteiger partial charge in [0.15, 0.2) is 5.17 Å². The normalized spacial score (nSPS) is 24.5. The second kappa shape index (κ2) is 6.68. The molecule has 1 aromatic carbocycles. The van der Waals surface area contributed by atoms with Crippen molar-refractivity contribution < 1.29 is 0 Å². The Kier molecular flexibility index (Phi) is 4.54. The minimum atomic E-state index is 0.369. The molecule has 0 unspecified atom stereocenters. The first-order valence-corrected chi connectivity index (χ1v) is 10.6. The molecule has 1 saturated heterocycles. The molecule has 1 spiro atoms. The number of nitrogens with zero attached hydrogens (tertiary/aromatic N) is 3. The lowest BCUT2D eigenvalue weighted by molar-refractivity contribution is 0.163. The van der Waals surface area contributed by atoms with Crippen molar-refractivity contribution in [2.45, 2.75) is 76.8 Å². The molecule has 3 nitrogen and oxygen atoms in total. The third kappa shape index (κ3) is 2.87. The lowest BCUT2D eigenvalue weighted by atomic mass is 9.95. The summed E-state index contributed by atoms with van der Waals surface area (Å²) in [6.07, 6.45) is 10.8. The van der Waals surface area contributed by atoms with E-state index >= 15 is 0 Å². The molecule has 4 heteroatoms. The van der Waals surface area contributed by atoms with E-state index in [1.54, 1.807) is 0 Å². The maximum atomic E-state index is 9.24. The Balaban J connectivity index is 1.72. The highest BCUT2D eigenvalue weighted by Crippen LogP contribution is 2.48. The van der Waals surface area contributed by atoms with Gasteiger partial charge in [-0.15, -0.1) is 0 Å². The van der Waals surface area contributed by atoms with Gasteiger partial charge in [-0.25, -0.2) is 4.99 Å². The van der Waals surface area contributed by atoms with Crippen molar-refractivity contribution in [2.24, 2.45) is 4.99 Å². The van der Waals surface area contributed by atoms with Crippen molar-refractivity contribution in [2.75, 3.05) is 5.75 Å². The van der Waals surface area contributed by atoms with Crippen LogP contribution in [0.25, 0.3) is 0 Å². The molecule has 0 radical (unpaired) electrons. The summed E-state index contributed by atoms with van der Waals surface area (Å²) >= 11 is 1.96. The average Bonchev–Trinajstić information content (AvgIpc) is 3.35. The number of thioether (sulfide) groups is 1. The summed E-state index contributed by atoms with van der Waals surface area (Å²) < 4.78 is 0. The second-order valence-electron chi connectivity index (χ2n) is 7.92. The van der Waals surface area contributed by atoms with Gasteiger partial charge >= 0.3 is 0 Å². The number of hydrogen-bond donors (Lipinski definition) is 0. The quantitative estimate of drug-likeness (QED) is 0.708. The van der Waals surface area contributed by atoms with Crippen molar-refractivity contribution in [3.8, 4) is 6.07 Å². The Morgan fingerprint density at radius 1 is 1.12 bits per heavy atom. The fourth-order valence-electron chi connectivity index (χ4n) is 4.90. The van der Waals surface area contributed by atoms with E-state index in [9.17, 15) is 5.26 Å². The summed E-state index contributed by atoms with van der Waals surface area (Å²) in [5.74, 6) is 1.21. The van der Waals surface area contributed by atoms with Crippen LogP contribution in [0.5, 0.6) is 0 Å². The molecule has 0 aromatic heterocycles. The first kappa shape index (κ1) is 17.0. The fraction of sp³-hybridized carbons (Fsp3) is 0.619. The van der Waals surface area contributed by atoms with E-state index in [1.807, 2.05) is 30.8 Å². The number of benzene rings is 1. The molecule has 0 atom stereocenters. The van der Waals surface area contributed by atoms with Crippen LogP contribution in [0, 0.1) is 25.2 Å². The van der Waals surface area contributed by atoms with Gasteiger partial charge < -0.3 is 4.90 Å². The van der Waals surface area contributed by atoms with Crippen LogP contribution in [-0.4, -0.2) is 27.4 Å². The predicted molar refractivity (Wildman–Crippen MR) is 105 cm³/mol. The van der Waals surface area contributed by atoms with Crippen molar-refractivity contribution >= 4 is 22.6 Å². The first-order valence-electron chi connectivity index (χ1n) is 9.66. The van der Waals surface area contributed by atoms with Gasteiger partial charge in [0.2, 0.25) is 0 Å². The summed E-state index contributed by atoms with van der Waals surface area (Å²) in [6, 6.07) is 6.92. The van der Waals surface area contributed by atoms with Gasteiger partial charge in [0, 0.05) is 11.8 Å². The molecule has 1 aromatic rings. The summed E-state index contributed by atoms with van der Waals surface area (Å²) in [6.45, 7) is 4.13. The molecule has 25 heavy (non-hydrogen) atoms. The van der Waals surface area contributed by atoms with Crippen LogP contribution >= 0.6 is 11.8 Å².